The predicted octanol–water partition coefficient (Wildman–Crippen LogP) is 7.72. The predicted molar refractivity (Wildman–Crippen MR) is 162 cm³/mol. The first-order valence-electron chi connectivity index (χ1n) is 13.4. The Morgan fingerprint density at radius 2 is 1.44 bits per heavy atom. The van der Waals surface area contributed by atoms with Crippen LogP contribution >= 0.6 is 34.9 Å². The van der Waals surface area contributed by atoms with Gasteiger partial charge in [-0.05, 0) is 47.3 Å². The van der Waals surface area contributed by atoms with Crippen molar-refractivity contribution in [3.63, 3.8) is 0 Å². The normalized spacial score (nSPS) is 15.9. The van der Waals surface area contributed by atoms with Crippen LogP contribution in [0.25, 0.3) is 21.6 Å². The Morgan fingerprint density at radius 3 is 2.08 bits per heavy atom. The van der Waals surface area contributed by atoms with Crippen molar-refractivity contribution >= 4 is 56.5 Å². The highest BCUT2D eigenvalue weighted by molar-refractivity contribution is 7.98. The summed E-state index contributed by atoms with van der Waals surface area (Å²) in [4.78, 5) is 2.68. The molecular weight excluding hydrogens is 541 g/mol. The molecule has 6 nitrogen and oxygen atoms in total. The number of benzene rings is 2. The van der Waals surface area contributed by atoms with Gasteiger partial charge >= 0.3 is 0 Å². The average molecular weight is 571 g/mol. The van der Waals surface area contributed by atoms with E-state index in [1.807, 2.05) is 11.3 Å². The van der Waals surface area contributed by atoms with Gasteiger partial charge in [0.15, 0.2) is 16.0 Å². The molecule has 0 saturated heterocycles. The second-order valence-electron chi connectivity index (χ2n) is 11.3. The second kappa shape index (κ2) is 9.94. The van der Waals surface area contributed by atoms with Crippen molar-refractivity contribution in [3.05, 3.63) is 82.2 Å². The molecule has 0 spiro atoms. The highest BCUT2D eigenvalue weighted by Crippen LogP contribution is 2.45. The SMILES string of the molecule is CC(C)(C)C1CCc2c(sc3c2c2nnc(SCc4ccccc4)n2c2nnc(SCc4ccccc4)n32)C1. The first-order chi connectivity index (χ1) is 19.0. The standard InChI is InChI=1S/C30H30N6S3/c1-30(2,3)21-14-15-22-23(16-21)39-26-24(22)25-31-33-28(37-17-19-10-6-4-7-11-19)35(25)27-32-34-29(36(26)27)38-18-20-12-8-5-9-13-20/h4-13,21H,14-18H2,1-3H3. The lowest BCUT2D eigenvalue weighted by molar-refractivity contribution is 0.218. The van der Waals surface area contributed by atoms with E-state index in [1.165, 1.54) is 38.2 Å². The molecule has 1 unspecified atom stereocenters. The molecule has 1 aliphatic rings. The number of hydrogen-bond donors (Lipinski definition) is 0. The maximum atomic E-state index is 4.77. The number of hydrogen-bond acceptors (Lipinski definition) is 7. The van der Waals surface area contributed by atoms with Crippen molar-refractivity contribution < 1.29 is 0 Å². The van der Waals surface area contributed by atoms with Crippen LogP contribution in [0.3, 0.4) is 0 Å². The average Bonchev–Trinajstić information content (AvgIpc) is 3.65. The van der Waals surface area contributed by atoms with Crippen LogP contribution in [0.4, 0.5) is 0 Å². The van der Waals surface area contributed by atoms with Gasteiger partial charge in [0.25, 0.3) is 0 Å². The highest BCUT2D eigenvalue weighted by Gasteiger charge is 2.33. The smallest absolute Gasteiger partial charge is 0.245 e. The number of fused-ring (bicyclic) bond motifs is 8. The zero-order chi connectivity index (χ0) is 26.6. The van der Waals surface area contributed by atoms with Gasteiger partial charge in [-0.25, -0.2) is 8.80 Å². The van der Waals surface area contributed by atoms with Crippen molar-refractivity contribution in [2.24, 2.45) is 11.3 Å². The van der Waals surface area contributed by atoms with Gasteiger partial charge in [-0.2, -0.15) is 0 Å². The van der Waals surface area contributed by atoms with E-state index >= 15 is 0 Å². The zero-order valence-corrected chi connectivity index (χ0v) is 24.7. The lowest BCUT2D eigenvalue weighted by Gasteiger charge is -2.33. The minimum Gasteiger partial charge on any atom is -0.245 e. The molecule has 1 aliphatic carbocycles. The Hall–Kier alpha value is -2.88. The van der Waals surface area contributed by atoms with E-state index < -0.39 is 0 Å². The molecule has 0 radical (unpaired) electrons. The lowest BCUT2D eigenvalue weighted by Crippen LogP contribution is -2.26. The minimum absolute atomic E-state index is 0.294. The summed E-state index contributed by atoms with van der Waals surface area (Å²) in [6, 6.07) is 21.1. The number of thioether (sulfide) groups is 2. The van der Waals surface area contributed by atoms with Crippen LogP contribution in [0.15, 0.2) is 71.0 Å². The summed E-state index contributed by atoms with van der Waals surface area (Å²) in [7, 11) is 0. The van der Waals surface area contributed by atoms with Crippen LogP contribution < -0.4 is 0 Å². The topological polar surface area (TPSA) is 60.4 Å². The molecule has 0 saturated carbocycles. The molecule has 0 fully saturated rings. The largest absolute Gasteiger partial charge is 0.245 e. The van der Waals surface area contributed by atoms with Gasteiger partial charge in [0, 0.05) is 16.4 Å². The molecule has 0 bridgehead atoms. The summed E-state index contributed by atoms with van der Waals surface area (Å²) in [6.07, 6.45) is 3.39. The van der Waals surface area contributed by atoms with E-state index in [1.54, 1.807) is 23.5 Å². The Kier molecular flexibility index (Phi) is 6.40. The summed E-state index contributed by atoms with van der Waals surface area (Å²) in [6.45, 7) is 7.12. The van der Waals surface area contributed by atoms with Gasteiger partial charge in [0.2, 0.25) is 5.78 Å². The monoisotopic (exact) mass is 570 g/mol. The molecule has 4 heterocycles. The minimum atomic E-state index is 0.294. The van der Waals surface area contributed by atoms with Crippen molar-refractivity contribution in [2.45, 2.75) is 61.9 Å². The Balaban J connectivity index is 1.39. The molecular formula is C30H30N6S3. The number of aromatic nitrogens is 6. The maximum absolute atomic E-state index is 4.77. The lowest BCUT2D eigenvalue weighted by atomic mass is 9.72. The van der Waals surface area contributed by atoms with Crippen molar-refractivity contribution in [1.29, 1.82) is 0 Å². The Labute approximate surface area is 240 Å². The molecule has 6 aromatic rings. The van der Waals surface area contributed by atoms with Crippen molar-refractivity contribution in [3.8, 4) is 0 Å². The molecule has 0 amide bonds. The van der Waals surface area contributed by atoms with E-state index in [2.05, 4.69) is 95.3 Å². The molecule has 198 valence electrons. The maximum Gasteiger partial charge on any atom is 0.245 e. The van der Waals surface area contributed by atoms with Gasteiger partial charge in [0.1, 0.15) is 4.83 Å². The quantitative estimate of drug-likeness (QED) is 0.191. The number of nitrogens with zero attached hydrogens (tertiary/aromatic N) is 6. The number of rotatable bonds is 6. The third kappa shape index (κ3) is 4.54. The molecule has 2 aromatic carbocycles. The highest BCUT2D eigenvalue weighted by atomic mass is 32.2. The van der Waals surface area contributed by atoms with E-state index in [-0.39, 0.29) is 0 Å². The van der Waals surface area contributed by atoms with Gasteiger partial charge < -0.3 is 0 Å². The fourth-order valence-corrected chi connectivity index (χ4v) is 8.78. The number of aryl methyl sites for hydroxylation is 1. The summed E-state index contributed by atoms with van der Waals surface area (Å²) >= 11 is 5.34. The van der Waals surface area contributed by atoms with E-state index in [4.69, 9.17) is 15.3 Å². The van der Waals surface area contributed by atoms with E-state index in [0.29, 0.717) is 11.3 Å². The van der Waals surface area contributed by atoms with Crippen LogP contribution in [-0.2, 0) is 24.3 Å². The molecule has 1 atom stereocenters. The Morgan fingerprint density at radius 1 is 0.821 bits per heavy atom. The van der Waals surface area contributed by atoms with Crippen LogP contribution in [0.2, 0.25) is 0 Å². The molecule has 9 heteroatoms. The first kappa shape index (κ1) is 25.1. The Bertz CT molecular complexity index is 1780. The van der Waals surface area contributed by atoms with Gasteiger partial charge in [-0.3, -0.25) is 0 Å². The zero-order valence-electron chi connectivity index (χ0n) is 22.3. The molecule has 0 N–H and O–H groups in total. The van der Waals surface area contributed by atoms with Gasteiger partial charge in [-0.1, -0.05) is 105 Å². The molecule has 7 rings (SSSR count). The fraction of sp³-hybridized carbons (Fsp3) is 0.333. The second-order valence-corrected chi connectivity index (χ2v) is 14.3. The molecule has 39 heavy (non-hydrogen) atoms. The number of thiophene rings is 1. The third-order valence-corrected chi connectivity index (χ3v) is 11.0. The van der Waals surface area contributed by atoms with Crippen LogP contribution in [-0.4, -0.2) is 29.2 Å². The van der Waals surface area contributed by atoms with Crippen LogP contribution in [0.1, 0.15) is 48.8 Å². The summed E-state index contributed by atoms with van der Waals surface area (Å²) in [5, 5.41) is 21.9. The fourth-order valence-electron chi connectivity index (χ4n) is 5.53. The molecule has 0 aliphatic heterocycles. The van der Waals surface area contributed by atoms with Crippen LogP contribution in [0.5, 0.6) is 0 Å². The first-order valence-corrected chi connectivity index (χ1v) is 16.2. The van der Waals surface area contributed by atoms with Crippen molar-refractivity contribution in [2.75, 3.05) is 0 Å². The summed E-state index contributed by atoms with van der Waals surface area (Å²) < 4.78 is 4.40. The van der Waals surface area contributed by atoms with Gasteiger partial charge in [0.05, 0.1) is 5.39 Å². The van der Waals surface area contributed by atoms with E-state index in [0.717, 1.165) is 46.1 Å². The van der Waals surface area contributed by atoms with E-state index in [9.17, 15) is 0 Å². The van der Waals surface area contributed by atoms with Crippen LogP contribution in [0, 0.1) is 11.3 Å². The summed E-state index contributed by atoms with van der Waals surface area (Å²) in [5.41, 5.74) is 5.19. The van der Waals surface area contributed by atoms with Gasteiger partial charge in [-0.15, -0.1) is 31.7 Å². The van der Waals surface area contributed by atoms with Crippen molar-refractivity contribution in [1.82, 2.24) is 29.2 Å². The molecule has 4 aromatic heterocycles. The summed E-state index contributed by atoms with van der Waals surface area (Å²) in [5.74, 6) is 3.13. The third-order valence-electron chi connectivity index (χ3n) is 7.77.